The van der Waals surface area contributed by atoms with Crippen molar-refractivity contribution in [3.8, 4) is 0 Å². The number of aryl methyl sites for hydroxylation is 2. The van der Waals surface area contributed by atoms with E-state index in [9.17, 15) is 8.42 Å². The topological polar surface area (TPSA) is 58.2 Å². The van der Waals surface area contributed by atoms with Crippen molar-refractivity contribution >= 4 is 15.7 Å². The lowest BCUT2D eigenvalue weighted by Gasteiger charge is -2.16. The van der Waals surface area contributed by atoms with Gasteiger partial charge in [0.2, 0.25) is 10.0 Å². The van der Waals surface area contributed by atoms with Crippen molar-refractivity contribution in [2.45, 2.75) is 52.4 Å². The van der Waals surface area contributed by atoms with Crippen LogP contribution in [0.5, 0.6) is 0 Å². The Morgan fingerprint density at radius 3 is 2.19 bits per heavy atom. The summed E-state index contributed by atoms with van der Waals surface area (Å²) in [4.78, 5) is 0.410. The third-order valence-corrected chi connectivity index (χ3v) is 5.36. The van der Waals surface area contributed by atoms with E-state index in [0.29, 0.717) is 17.4 Å². The fourth-order valence-electron chi connectivity index (χ4n) is 2.21. The number of benzene rings is 1. The van der Waals surface area contributed by atoms with Crippen LogP contribution in [-0.4, -0.2) is 21.5 Å². The summed E-state index contributed by atoms with van der Waals surface area (Å²) in [6.07, 6.45) is 2.00. The smallest absolute Gasteiger partial charge is 0.241 e. The van der Waals surface area contributed by atoms with E-state index in [1.807, 2.05) is 32.9 Å². The Labute approximate surface area is 129 Å². The van der Waals surface area contributed by atoms with Gasteiger partial charge in [0.1, 0.15) is 0 Å². The van der Waals surface area contributed by atoms with Gasteiger partial charge in [0.25, 0.3) is 0 Å². The molecule has 0 saturated heterocycles. The van der Waals surface area contributed by atoms with Crippen molar-refractivity contribution in [2.24, 2.45) is 5.92 Å². The van der Waals surface area contributed by atoms with Crippen LogP contribution in [0.2, 0.25) is 0 Å². The third-order valence-electron chi connectivity index (χ3n) is 3.63. The average molecular weight is 312 g/mol. The van der Waals surface area contributed by atoms with Gasteiger partial charge in [-0.05, 0) is 49.4 Å². The molecule has 0 aliphatic heterocycles. The molecule has 0 aliphatic rings. The van der Waals surface area contributed by atoms with Gasteiger partial charge in [-0.3, -0.25) is 0 Å². The van der Waals surface area contributed by atoms with Crippen LogP contribution in [0.25, 0.3) is 0 Å². The van der Waals surface area contributed by atoms with Gasteiger partial charge in [-0.2, -0.15) is 0 Å². The van der Waals surface area contributed by atoms with E-state index in [2.05, 4.69) is 23.9 Å². The first-order valence-corrected chi connectivity index (χ1v) is 9.14. The van der Waals surface area contributed by atoms with Gasteiger partial charge in [-0.1, -0.05) is 27.2 Å². The molecule has 0 fully saturated rings. The quantitative estimate of drug-likeness (QED) is 0.773. The van der Waals surface area contributed by atoms with Crippen LogP contribution < -0.4 is 10.0 Å². The summed E-state index contributed by atoms with van der Waals surface area (Å²) in [7, 11) is -3.44. The molecule has 1 aromatic carbocycles. The van der Waals surface area contributed by atoms with Crippen LogP contribution >= 0.6 is 0 Å². The molecule has 0 heterocycles. The number of sulfonamides is 1. The van der Waals surface area contributed by atoms with Crippen molar-refractivity contribution < 1.29 is 8.42 Å². The number of nitrogens with one attached hydrogen (secondary N) is 2. The Bertz CT molecular complexity index is 545. The summed E-state index contributed by atoms with van der Waals surface area (Å²) in [6, 6.07) is 3.81. The van der Waals surface area contributed by atoms with Crippen LogP contribution in [0.4, 0.5) is 5.69 Å². The van der Waals surface area contributed by atoms with Crippen molar-refractivity contribution in [2.75, 3.05) is 18.4 Å². The van der Waals surface area contributed by atoms with E-state index in [1.165, 1.54) is 0 Å². The van der Waals surface area contributed by atoms with Gasteiger partial charge in [-0.15, -0.1) is 0 Å². The predicted molar refractivity (Wildman–Crippen MR) is 89.3 cm³/mol. The maximum absolute atomic E-state index is 12.5. The maximum atomic E-state index is 12.5. The molecule has 1 rings (SSSR count). The molecule has 1 atom stereocenters. The average Bonchev–Trinajstić information content (AvgIpc) is 2.41. The molecular weight excluding hydrogens is 284 g/mol. The number of hydrogen-bond donors (Lipinski definition) is 2. The minimum atomic E-state index is -3.44. The summed E-state index contributed by atoms with van der Waals surface area (Å²) in [5.74, 6) is 0.339. The Hall–Kier alpha value is -1.07. The van der Waals surface area contributed by atoms with Crippen molar-refractivity contribution in [1.82, 2.24) is 4.72 Å². The Morgan fingerprint density at radius 1 is 1.14 bits per heavy atom. The molecule has 0 saturated carbocycles. The molecular formula is C16H28N2O2S. The van der Waals surface area contributed by atoms with E-state index in [-0.39, 0.29) is 0 Å². The van der Waals surface area contributed by atoms with Crippen LogP contribution in [0.3, 0.4) is 0 Å². The first kappa shape index (κ1) is 18.0. The summed E-state index contributed by atoms with van der Waals surface area (Å²) in [5, 5.41) is 3.30. The Kier molecular flexibility index (Phi) is 6.68. The molecule has 21 heavy (non-hydrogen) atoms. The third kappa shape index (κ3) is 5.00. The number of anilines is 1. The summed E-state index contributed by atoms with van der Waals surface area (Å²) in [6.45, 7) is 11.3. The molecule has 0 aliphatic carbocycles. The second kappa shape index (κ2) is 7.80. The largest absolute Gasteiger partial charge is 0.385 e. The predicted octanol–water partition coefficient (Wildman–Crippen LogP) is 3.45. The van der Waals surface area contributed by atoms with Crippen LogP contribution in [0.1, 0.15) is 44.7 Å². The number of hydrogen-bond acceptors (Lipinski definition) is 3. The molecule has 4 nitrogen and oxygen atoms in total. The van der Waals surface area contributed by atoms with Crippen molar-refractivity contribution in [1.29, 1.82) is 0 Å². The standard InChI is InChI=1S/C16H28N2O2S/c1-6-8-17-15-9-13(4)16(14(5)10-15)21(19,20)18-11-12(3)7-2/h9-10,12,17-18H,6-8,11H2,1-5H3. The first-order chi connectivity index (χ1) is 9.81. The zero-order valence-corrected chi connectivity index (χ0v) is 14.6. The molecule has 0 spiro atoms. The summed E-state index contributed by atoms with van der Waals surface area (Å²) >= 11 is 0. The van der Waals surface area contributed by atoms with Gasteiger partial charge in [-0.25, -0.2) is 13.1 Å². The lowest BCUT2D eigenvalue weighted by Crippen LogP contribution is -2.29. The molecule has 0 bridgehead atoms. The zero-order chi connectivity index (χ0) is 16.0. The fourth-order valence-corrected chi connectivity index (χ4v) is 3.83. The van der Waals surface area contributed by atoms with Gasteiger partial charge >= 0.3 is 0 Å². The SMILES string of the molecule is CCCNc1cc(C)c(S(=O)(=O)NCC(C)CC)c(C)c1. The molecule has 120 valence electrons. The lowest BCUT2D eigenvalue weighted by molar-refractivity contribution is 0.528. The Morgan fingerprint density at radius 2 is 1.71 bits per heavy atom. The molecule has 1 aromatic rings. The van der Waals surface area contributed by atoms with E-state index < -0.39 is 10.0 Å². The highest BCUT2D eigenvalue weighted by atomic mass is 32.2. The fraction of sp³-hybridized carbons (Fsp3) is 0.625. The van der Waals surface area contributed by atoms with E-state index in [0.717, 1.165) is 36.2 Å². The molecule has 1 unspecified atom stereocenters. The highest BCUT2D eigenvalue weighted by molar-refractivity contribution is 7.89. The maximum Gasteiger partial charge on any atom is 0.241 e. The first-order valence-electron chi connectivity index (χ1n) is 7.66. The van der Waals surface area contributed by atoms with Crippen molar-refractivity contribution in [3.63, 3.8) is 0 Å². The molecule has 2 N–H and O–H groups in total. The van der Waals surface area contributed by atoms with E-state index in [1.54, 1.807) is 0 Å². The molecule has 0 amide bonds. The Balaban J connectivity index is 3.01. The number of rotatable bonds is 8. The van der Waals surface area contributed by atoms with Crippen molar-refractivity contribution in [3.05, 3.63) is 23.3 Å². The monoisotopic (exact) mass is 312 g/mol. The highest BCUT2D eigenvalue weighted by Gasteiger charge is 2.20. The second-order valence-electron chi connectivity index (χ2n) is 5.73. The van der Waals surface area contributed by atoms with Gasteiger partial charge < -0.3 is 5.32 Å². The van der Waals surface area contributed by atoms with Crippen LogP contribution in [0.15, 0.2) is 17.0 Å². The van der Waals surface area contributed by atoms with E-state index in [4.69, 9.17) is 0 Å². The molecule has 0 aromatic heterocycles. The van der Waals surface area contributed by atoms with Crippen LogP contribution in [-0.2, 0) is 10.0 Å². The minimum absolute atomic E-state index is 0.339. The summed E-state index contributed by atoms with van der Waals surface area (Å²) in [5.41, 5.74) is 2.54. The summed E-state index contributed by atoms with van der Waals surface area (Å²) < 4.78 is 27.7. The second-order valence-corrected chi connectivity index (χ2v) is 7.44. The normalized spacial score (nSPS) is 13.2. The molecule has 0 radical (unpaired) electrons. The van der Waals surface area contributed by atoms with Crippen LogP contribution in [0, 0.1) is 19.8 Å². The highest BCUT2D eigenvalue weighted by Crippen LogP contribution is 2.24. The minimum Gasteiger partial charge on any atom is -0.385 e. The zero-order valence-electron chi connectivity index (χ0n) is 13.8. The van der Waals surface area contributed by atoms with Gasteiger partial charge in [0, 0.05) is 18.8 Å². The van der Waals surface area contributed by atoms with Gasteiger partial charge in [0.05, 0.1) is 4.90 Å². The van der Waals surface area contributed by atoms with E-state index >= 15 is 0 Å². The molecule has 5 heteroatoms. The lowest BCUT2D eigenvalue weighted by atomic mass is 10.1. The van der Waals surface area contributed by atoms with Gasteiger partial charge in [0.15, 0.2) is 0 Å².